The van der Waals surface area contributed by atoms with Gasteiger partial charge >= 0.3 is 0 Å². The van der Waals surface area contributed by atoms with Gasteiger partial charge in [-0.2, -0.15) is 0 Å². The highest BCUT2D eigenvalue weighted by atomic mass is 16.1. The van der Waals surface area contributed by atoms with Crippen LogP contribution in [0.15, 0.2) is 12.7 Å². The van der Waals surface area contributed by atoms with Crippen molar-refractivity contribution in [1.29, 1.82) is 0 Å². The lowest BCUT2D eigenvalue weighted by atomic mass is 10.2. The highest BCUT2D eigenvalue weighted by Crippen LogP contribution is 1.88. The van der Waals surface area contributed by atoms with Crippen LogP contribution in [0.2, 0.25) is 0 Å². The molecule has 1 amide bonds. The van der Waals surface area contributed by atoms with Crippen LogP contribution in [-0.4, -0.2) is 25.5 Å². The van der Waals surface area contributed by atoms with Crippen LogP contribution in [0.4, 0.5) is 0 Å². The molecular weight excluding hydrogens is 152 g/mol. The number of amides is 1. The molecule has 3 heteroatoms. The normalized spacial score (nSPS) is 12.2. The largest absolute Gasteiger partial charge is 0.359 e. The zero-order valence-electron chi connectivity index (χ0n) is 7.89. The van der Waals surface area contributed by atoms with E-state index < -0.39 is 0 Å². The van der Waals surface area contributed by atoms with Gasteiger partial charge in [0, 0.05) is 19.5 Å². The minimum Gasteiger partial charge on any atom is -0.359 e. The van der Waals surface area contributed by atoms with E-state index in [2.05, 4.69) is 17.2 Å². The molecule has 1 atom stereocenters. The number of carbonyl (C=O) groups excluding carboxylic acids is 1. The second-order valence-corrected chi connectivity index (χ2v) is 2.76. The van der Waals surface area contributed by atoms with Gasteiger partial charge in [0.15, 0.2) is 0 Å². The summed E-state index contributed by atoms with van der Waals surface area (Å²) in [5.41, 5.74) is 0. The summed E-state index contributed by atoms with van der Waals surface area (Å²) in [6.45, 7) is 6.55. The summed E-state index contributed by atoms with van der Waals surface area (Å²) in [7, 11) is 1.65. The quantitative estimate of drug-likeness (QED) is 0.454. The molecule has 0 saturated carbocycles. The summed E-state index contributed by atoms with van der Waals surface area (Å²) >= 11 is 0. The van der Waals surface area contributed by atoms with Crippen LogP contribution >= 0.6 is 0 Å². The molecular formula is C9H18N2O. The minimum absolute atomic E-state index is 0.100. The average molecular weight is 170 g/mol. The summed E-state index contributed by atoms with van der Waals surface area (Å²) in [6.07, 6.45) is 3.31. The first-order valence-electron chi connectivity index (χ1n) is 4.27. The fraction of sp³-hybridized carbons (Fsp3) is 0.667. The van der Waals surface area contributed by atoms with Gasteiger partial charge in [-0.3, -0.25) is 4.79 Å². The monoisotopic (exact) mass is 170 g/mol. The summed E-state index contributed by atoms with van der Waals surface area (Å²) in [5.74, 6) is 0.100. The Morgan fingerprint density at radius 2 is 2.33 bits per heavy atom. The van der Waals surface area contributed by atoms with Crippen LogP contribution in [0.1, 0.15) is 19.8 Å². The number of nitrogens with one attached hydrogen (secondary N) is 2. The third-order valence-corrected chi connectivity index (χ3v) is 1.68. The molecule has 0 heterocycles. The molecule has 2 N–H and O–H groups in total. The van der Waals surface area contributed by atoms with Crippen molar-refractivity contribution in [2.75, 3.05) is 13.6 Å². The molecule has 0 aliphatic heterocycles. The maximum atomic E-state index is 10.8. The Hall–Kier alpha value is -0.830. The van der Waals surface area contributed by atoms with Crippen LogP contribution in [0.5, 0.6) is 0 Å². The van der Waals surface area contributed by atoms with Gasteiger partial charge in [-0.15, -0.1) is 6.58 Å². The number of hydrogen-bond donors (Lipinski definition) is 2. The minimum atomic E-state index is 0.100. The maximum absolute atomic E-state index is 10.8. The Morgan fingerprint density at radius 1 is 1.67 bits per heavy atom. The third kappa shape index (κ3) is 5.92. The van der Waals surface area contributed by atoms with Crippen molar-refractivity contribution in [3.8, 4) is 0 Å². The summed E-state index contributed by atoms with van der Waals surface area (Å²) in [6, 6.07) is 0.328. The summed E-state index contributed by atoms with van der Waals surface area (Å²) < 4.78 is 0. The van der Waals surface area contributed by atoms with Crippen molar-refractivity contribution in [3.05, 3.63) is 12.7 Å². The maximum Gasteiger partial charge on any atom is 0.219 e. The molecule has 0 aromatic rings. The molecule has 0 rings (SSSR count). The Morgan fingerprint density at radius 3 is 2.83 bits per heavy atom. The fourth-order valence-corrected chi connectivity index (χ4v) is 0.787. The molecule has 0 saturated heterocycles. The predicted molar refractivity (Wildman–Crippen MR) is 51.0 cm³/mol. The molecule has 3 nitrogen and oxygen atoms in total. The molecule has 0 bridgehead atoms. The van der Waals surface area contributed by atoms with E-state index in [0.29, 0.717) is 12.5 Å². The van der Waals surface area contributed by atoms with Gasteiger partial charge in [0.25, 0.3) is 0 Å². The smallest absolute Gasteiger partial charge is 0.219 e. The van der Waals surface area contributed by atoms with Crippen LogP contribution in [0.3, 0.4) is 0 Å². The molecule has 0 aromatic carbocycles. The van der Waals surface area contributed by atoms with E-state index in [4.69, 9.17) is 0 Å². The standard InChI is InChI=1S/C9H18N2O/c1-4-8(2)11-7-5-6-9(12)10-3/h4,8,11H,1,5-7H2,2-3H3,(H,10,12). The average Bonchev–Trinajstić information content (AvgIpc) is 2.11. The molecule has 0 radical (unpaired) electrons. The van der Waals surface area contributed by atoms with Crippen molar-refractivity contribution in [2.45, 2.75) is 25.8 Å². The number of rotatable bonds is 6. The van der Waals surface area contributed by atoms with Crippen LogP contribution < -0.4 is 10.6 Å². The summed E-state index contributed by atoms with van der Waals surface area (Å²) in [4.78, 5) is 10.8. The second kappa shape index (κ2) is 6.85. The topological polar surface area (TPSA) is 41.1 Å². The Kier molecular flexibility index (Phi) is 6.38. The highest BCUT2D eigenvalue weighted by Gasteiger charge is 1.97. The number of hydrogen-bond acceptors (Lipinski definition) is 2. The lowest BCUT2D eigenvalue weighted by Crippen LogP contribution is -2.26. The van der Waals surface area contributed by atoms with E-state index in [0.717, 1.165) is 13.0 Å². The Labute approximate surface area is 74.2 Å². The Bertz CT molecular complexity index is 145. The van der Waals surface area contributed by atoms with Crippen molar-refractivity contribution in [2.24, 2.45) is 0 Å². The molecule has 0 spiro atoms. The molecule has 1 unspecified atom stereocenters. The first-order chi connectivity index (χ1) is 5.70. The van der Waals surface area contributed by atoms with Gasteiger partial charge in [-0.1, -0.05) is 6.08 Å². The lowest BCUT2D eigenvalue weighted by Gasteiger charge is -2.07. The molecule has 12 heavy (non-hydrogen) atoms. The van der Waals surface area contributed by atoms with Crippen molar-refractivity contribution >= 4 is 5.91 Å². The molecule has 0 aliphatic carbocycles. The Balaban J connectivity index is 3.21. The zero-order valence-corrected chi connectivity index (χ0v) is 7.89. The van der Waals surface area contributed by atoms with Crippen molar-refractivity contribution < 1.29 is 4.79 Å². The number of carbonyl (C=O) groups is 1. The van der Waals surface area contributed by atoms with Crippen molar-refractivity contribution in [3.63, 3.8) is 0 Å². The van der Waals surface area contributed by atoms with Crippen molar-refractivity contribution in [1.82, 2.24) is 10.6 Å². The summed E-state index contributed by atoms with van der Waals surface area (Å²) in [5, 5.41) is 5.79. The van der Waals surface area contributed by atoms with E-state index in [9.17, 15) is 4.79 Å². The molecule has 0 aliphatic rings. The first kappa shape index (κ1) is 11.2. The van der Waals surface area contributed by atoms with Gasteiger partial charge < -0.3 is 10.6 Å². The fourth-order valence-electron chi connectivity index (χ4n) is 0.787. The SMILES string of the molecule is C=CC(C)NCCCC(=O)NC. The molecule has 70 valence electrons. The second-order valence-electron chi connectivity index (χ2n) is 2.76. The van der Waals surface area contributed by atoms with E-state index in [1.807, 2.05) is 13.0 Å². The molecule has 0 fully saturated rings. The van der Waals surface area contributed by atoms with Gasteiger partial charge in [0.05, 0.1) is 0 Å². The van der Waals surface area contributed by atoms with Crippen LogP contribution in [-0.2, 0) is 4.79 Å². The van der Waals surface area contributed by atoms with Gasteiger partial charge in [-0.25, -0.2) is 0 Å². The highest BCUT2D eigenvalue weighted by molar-refractivity contribution is 5.75. The first-order valence-corrected chi connectivity index (χ1v) is 4.27. The van der Waals surface area contributed by atoms with Gasteiger partial charge in [0.1, 0.15) is 0 Å². The van der Waals surface area contributed by atoms with E-state index in [1.54, 1.807) is 7.05 Å². The predicted octanol–water partition coefficient (Wildman–Crippen LogP) is 0.677. The van der Waals surface area contributed by atoms with Crippen LogP contribution in [0.25, 0.3) is 0 Å². The van der Waals surface area contributed by atoms with E-state index in [1.165, 1.54) is 0 Å². The molecule has 0 aromatic heterocycles. The van der Waals surface area contributed by atoms with Crippen LogP contribution in [0, 0.1) is 0 Å². The van der Waals surface area contributed by atoms with Gasteiger partial charge in [0.2, 0.25) is 5.91 Å². The lowest BCUT2D eigenvalue weighted by molar-refractivity contribution is -0.120. The van der Waals surface area contributed by atoms with E-state index >= 15 is 0 Å². The van der Waals surface area contributed by atoms with E-state index in [-0.39, 0.29) is 5.91 Å². The zero-order chi connectivity index (χ0) is 9.40. The van der Waals surface area contributed by atoms with Gasteiger partial charge in [-0.05, 0) is 19.9 Å². The third-order valence-electron chi connectivity index (χ3n) is 1.68.